The molecule has 0 unspecified atom stereocenters. The molecule has 1 amide bonds. The van der Waals surface area contributed by atoms with E-state index in [1.165, 1.54) is 24.8 Å². The van der Waals surface area contributed by atoms with Gasteiger partial charge in [-0.2, -0.15) is 0 Å². The maximum absolute atomic E-state index is 11.7. The van der Waals surface area contributed by atoms with E-state index in [2.05, 4.69) is 4.31 Å². The monoisotopic (exact) mass is 216 g/mol. The van der Waals surface area contributed by atoms with E-state index < -0.39 is 0 Å². The molecule has 0 bridgehead atoms. The van der Waals surface area contributed by atoms with Gasteiger partial charge in [0.25, 0.3) is 5.24 Å². The van der Waals surface area contributed by atoms with Crippen LogP contribution in [0.3, 0.4) is 0 Å². The van der Waals surface area contributed by atoms with Crippen LogP contribution in [0.15, 0.2) is 0 Å². The molecule has 2 aliphatic rings. The zero-order chi connectivity index (χ0) is 9.80. The Kier molecular flexibility index (Phi) is 3.67. The van der Waals surface area contributed by atoms with Crippen LogP contribution in [0.25, 0.3) is 0 Å². The molecule has 0 atom stereocenters. The highest BCUT2D eigenvalue weighted by Crippen LogP contribution is 2.21. The Morgan fingerprint density at radius 1 is 1.07 bits per heavy atom. The standard InChI is InChI=1S/C9H16N2O2S/c12-9(10-5-7-13-8-6-10)14-11-3-1-2-4-11/h1-8H2. The minimum atomic E-state index is 0.190. The Morgan fingerprint density at radius 2 is 1.71 bits per heavy atom. The van der Waals surface area contributed by atoms with Crippen molar-refractivity contribution in [2.45, 2.75) is 12.8 Å². The highest BCUT2D eigenvalue weighted by atomic mass is 32.2. The van der Waals surface area contributed by atoms with E-state index in [0.717, 1.165) is 26.2 Å². The lowest BCUT2D eigenvalue weighted by molar-refractivity contribution is 0.0591. The van der Waals surface area contributed by atoms with Crippen LogP contribution in [0, 0.1) is 0 Å². The Labute approximate surface area is 88.7 Å². The first-order chi connectivity index (χ1) is 6.86. The summed E-state index contributed by atoms with van der Waals surface area (Å²) in [7, 11) is 0. The number of rotatable bonds is 1. The van der Waals surface area contributed by atoms with Crippen molar-refractivity contribution in [1.29, 1.82) is 0 Å². The number of hydrogen-bond acceptors (Lipinski definition) is 4. The molecule has 0 spiro atoms. The predicted octanol–water partition coefficient (Wildman–Crippen LogP) is 1.18. The van der Waals surface area contributed by atoms with Gasteiger partial charge in [0.15, 0.2) is 0 Å². The molecule has 4 nitrogen and oxygen atoms in total. The molecule has 2 aliphatic heterocycles. The van der Waals surface area contributed by atoms with Gasteiger partial charge < -0.3 is 9.64 Å². The third kappa shape index (κ3) is 2.62. The van der Waals surface area contributed by atoms with Crippen LogP contribution in [-0.4, -0.2) is 53.8 Å². The van der Waals surface area contributed by atoms with Gasteiger partial charge in [-0.3, -0.25) is 4.79 Å². The summed E-state index contributed by atoms with van der Waals surface area (Å²) in [6, 6.07) is 0. The highest BCUT2D eigenvalue weighted by molar-refractivity contribution is 8.11. The van der Waals surface area contributed by atoms with Crippen molar-refractivity contribution < 1.29 is 9.53 Å². The Bertz CT molecular complexity index is 201. The molecule has 0 aromatic heterocycles. The number of ether oxygens (including phenoxy) is 1. The SMILES string of the molecule is O=C(SN1CCCC1)N1CCOCC1. The fourth-order valence-corrected chi connectivity index (χ4v) is 2.65. The molecule has 2 fully saturated rings. The number of amides is 1. The first-order valence-electron chi connectivity index (χ1n) is 5.16. The van der Waals surface area contributed by atoms with E-state index in [1.54, 1.807) is 0 Å². The van der Waals surface area contributed by atoms with Crippen LogP contribution in [-0.2, 0) is 4.74 Å². The molecule has 5 heteroatoms. The maximum atomic E-state index is 11.7. The van der Waals surface area contributed by atoms with Crippen LogP contribution in [0.2, 0.25) is 0 Å². The second-order valence-electron chi connectivity index (χ2n) is 3.59. The Hall–Kier alpha value is -0.260. The smallest absolute Gasteiger partial charge is 0.297 e. The molecule has 0 aliphatic carbocycles. The van der Waals surface area contributed by atoms with E-state index in [9.17, 15) is 4.79 Å². The minimum Gasteiger partial charge on any atom is -0.378 e. The van der Waals surface area contributed by atoms with Gasteiger partial charge in [-0.1, -0.05) is 0 Å². The van der Waals surface area contributed by atoms with Crippen LogP contribution in [0.1, 0.15) is 12.8 Å². The first kappa shape index (κ1) is 10.3. The number of carbonyl (C=O) groups excluding carboxylic acids is 1. The summed E-state index contributed by atoms with van der Waals surface area (Å²) in [5.74, 6) is 0. The van der Waals surface area contributed by atoms with E-state index >= 15 is 0 Å². The van der Waals surface area contributed by atoms with Gasteiger partial charge in [0.1, 0.15) is 0 Å². The second kappa shape index (κ2) is 5.00. The van der Waals surface area contributed by atoms with Crippen molar-refractivity contribution in [2.75, 3.05) is 39.4 Å². The third-order valence-electron chi connectivity index (χ3n) is 2.54. The van der Waals surface area contributed by atoms with Crippen molar-refractivity contribution in [3.05, 3.63) is 0 Å². The number of carbonyl (C=O) groups is 1. The Balaban J connectivity index is 1.75. The Morgan fingerprint density at radius 3 is 2.36 bits per heavy atom. The van der Waals surface area contributed by atoms with Gasteiger partial charge >= 0.3 is 0 Å². The fourth-order valence-electron chi connectivity index (χ4n) is 1.69. The molecule has 2 heterocycles. The van der Waals surface area contributed by atoms with Crippen molar-refractivity contribution >= 4 is 17.2 Å². The predicted molar refractivity (Wildman–Crippen MR) is 56.2 cm³/mol. The van der Waals surface area contributed by atoms with E-state index in [1.807, 2.05) is 4.90 Å². The first-order valence-corrected chi connectivity index (χ1v) is 5.93. The average Bonchev–Trinajstić information content (AvgIpc) is 2.72. The van der Waals surface area contributed by atoms with Crippen LogP contribution < -0.4 is 0 Å². The lowest BCUT2D eigenvalue weighted by Gasteiger charge is -2.27. The van der Waals surface area contributed by atoms with E-state index in [0.29, 0.717) is 13.2 Å². The number of nitrogens with zero attached hydrogens (tertiary/aromatic N) is 2. The third-order valence-corrected chi connectivity index (χ3v) is 3.58. The van der Waals surface area contributed by atoms with Gasteiger partial charge in [-0.05, 0) is 12.8 Å². The van der Waals surface area contributed by atoms with Crippen LogP contribution in [0.5, 0.6) is 0 Å². The zero-order valence-electron chi connectivity index (χ0n) is 8.28. The van der Waals surface area contributed by atoms with Crippen LogP contribution >= 0.6 is 11.9 Å². The van der Waals surface area contributed by atoms with Crippen molar-refractivity contribution in [3.63, 3.8) is 0 Å². The number of hydrogen-bond donors (Lipinski definition) is 0. The summed E-state index contributed by atoms with van der Waals surface area (Å²) in [4.78, 5) is 13.6. The molecule has 0 saturated carbocycles. The summed E-state index contributed by atoms with van der Waals surface area (Å²) in [6.45, 7) is 4.99. The molecule has 2 saturated heterocycles. The molecule has 0 aromatic carbocycles. The fraction of sp³-hybridized carbons (Fsp3) is 0.889. The van der Waals surface area contributed by atoms with Crippen molar-refractivity contribution in [3.8, 4) is 0 Å². The summed E-state index contributed by atoms with van der Waals surface area (Å²) >= 11 is 1.38. The number of morpholine rings is 1. The van der Waals surface area contributed by atoms with Crippen molar-refractivity contribution in [2.24, 2.45) is 0 Å². The highest BCUT2D eigenvalue weighted by Gasteiger charge is 2.22. The lowest BCUT2D eigenvalue weighted by atomic mass is 10.4. The molecule has 0 aromatic rings. The zero-order valence-corrected chi connectivity index (χ0v) is 9.09. The van der Waals surface area contributed by atoms with Crippen LogP contribution in [0.4, 0.5) is 4.79 Å². The molecule has 2 rings (SSSR count). The molecule has 80 valence electrons. The van der Waals surface area contributed by atoms with Crippen molar-refractivity contribution in [1.82, 2.24) is 9.21 Å². The molecule has 0 radical (unpaired) electrons. The van der Waals surface area contributed by atoms with E-state index in [4.69, 9.17) is 4.74 Å². The second-order valence-corrected chi connectivity index (χ2v) is 4.64. The van der Waals surface area contributed by atoms with Gasteiger partial charge in [0, 0.05) is 38.1 Å². The van der Waals surface area contributed by atoms with E-state index in [-0.39, 0.29) is 5.24 Å². The molecular formula is C9H16N2O2S. The van der Waals surface area contributed by atoms with Gasteiger partial charge in [0.05, 0.1) is 13.2 Å². The quantitative estimate of drug-likeness (QED) is 0.616. The maximum Gasteiger partial charge on any atom is 0.297 e. The topological polar surface area (TPSA) is 32.8 Å². The van der Waals surface area contributed by atoms with Gasteiger partial charge in [-0.25, -0.2) is 4.31 Å². The lowest BCUT2D eigenvalue weighted by Crippen LogP contribution is -2.39. The minimum absolute atomic E-state index is 0.190. The summed E-state index contributed by atoms with van der Waals surface area (Å²) in [6.07, 6.45) is 2.45. The summed E-state index contributed by atoms with van der Waals surface area (Å²) in [5, 5.41) is 0.190. The average molecular weight is 216 g/mol. The normalized spacial score (nSPS) is 24.1. The largest absolute Gasteiger partial charge is 0.378 e. The summed E-state index contributed by atoms with van der Waals surface area (Å²) in [5.41, 5.74) is 0. The van der Waals surface area contributed by atoms with Gasteiger partial charge in [0.2, 0.25) is 0 Å². The molecule has 0 N–H and O–H groups in total. The molecule has 14 heavy (non-hydrogen) atoms. The summed E-state index contributed by atoms with van der Waals surface area (Å²) < 4.78 is 7.37. The molecular weight excluding hydrogens is 200 g/mol. The van der Waals surface area contributed by atoms with Gasteiger partial charge in [-0.15, -0.1) is 0 Å².